The third-order valence-corrected chi connectivity index (χ3v) is 13.1. The predicted octanol–water partition coefficient (Wildman–Crippen LogP) is 4.44. The van der Waals surface area contributed by atoms with Crippen LogP contribution in [0.1, 0.15) is 6.42 Å². The van der Waals surface area contributed by atoms with Crippen LogP contribution >= 0.6 is 19.4 Å². The van der Waals surface area contributed by atoms with Gasteiger partial charge in [-0.2, -0.15) is 0 Å². The Kier molecular flexibility index (Phi) is 6.27. The maximum absolute atomic E-state index is 13.2. The van der Waals surface area contributed by atoms with Crippen molar-refractivity contribution >= 4 is 33.4 Å². The second-order valence-electron chi connectivity index (χ2n) is 7.31. The van der Waals surface area contributed by atoms with Crippen LogP contribution in [0.3, 0.4) is 0 Å². The smallest absolute Gasteiger partial charge is 0.347 e. The fraction of sp³-hybridized carbons (Fsp3) is 0.588. The summed E-state index contributed by atoms with van der Waals surface area (Å²) in [7, 11) is -1.31. The summed E-state index contributed by atoms with van der Waals surface area (Å²) in [6, 6.07) is 10.1. The zero-order valence-corrected chi connectivity index (χ0v) is 18.4. The number of thioether (sulfide) groups is 1. The van der Waals surface area contributed by atoms with Gasteiger partial charge in [0, 0.05) is 24.0 Å². The van der Waals surface area contributed by atoms with E-state index in [2.05, 4.69) is 31.8 Å². The second kappa shape index (κ2) is 7.57. The van der Waals surface area contributed by atoms with Gasteiger partial charge in [-0.25, -0.2) is 0 Å². The van der Waals surface area contributed by atoms with Gasteiger partial charge < -0.3 is 13.8 Å². The van der Waals surface area contributed by atoms with E-state index in [1.807, 2.05) is 18.2 Å². The third-order valence-electron chi connectivity index (χ3n) is 4.72. The summed E-state index contributed by atoms with van der Waals surface area (Å²) in [6.45, 7) is 6.79. The molecule has 2 rings (SSSR count). The Morgan fingerprint density at radius 1 is 1.20 bits per heavy atom. The Labute approximate surface area is 155 Å². The Balaban J connectivity index is 2.41. The lowest BCUT2D eigenvalue weighted by molar-refractivity contribution is -0.141. The molecule has 0 amide bonds. The Morgan fingerprint density at radius 3 is 2.20 bits per heavy atom. The van der Waals surface area contributed by atoms with Crippen LogP contribution < -0.4 is 0 Å². The lowest BCUT2D eigenvalue weighted by Gasteiger charge is -2.32. The maximum atomic E-state index is 13.2. The molecule has 0 N–H and O–H groups in total. The Morgan fingerprint density at radius 2 is 1.76 bits per heavy atom. The minimum Gasteiger partial charge on any atom is -0.468 e. The van der Waals surface area contributed by atoms with Crippen molar-refractivity contribution in [1.82, 2.24) is 0 Å². The van der Waals surface area contributed by atoms with Gasteiger partial charge in [-0.05, 0) is 24.5 Å². The lowest BCUT2D eigenvalue weighted by atomic mass is 10.3. The van der Waals surface area contributed by atoms with Crippen LogP contribution in [0.25, 0.3) is 0 Å². The molecule has 5 nitrogen and oxygen atoms in total. The van der Waals surface area contributed by atoms with E-state index in [0.29, 0.717) is 6.42 Å². The van der Waals surface area contributed by atoms with Crippen LogP contribution in [0, 0.1) is 5.92 Å². The molecule has 0 heterocycles. The number of hydrogen-bond donors (Lipinski definition) is 0. The van der Waals surface area contributed by atoms with Crippen LogP contribution in [0.4, 0.5) is 0 Å². The number of carbonyl (C=O) groups is 1. The zero-order chi connectivity index (χ0) is 18.9. The number of methoxy groups -OCH3 is 1. The van der Waals surface area contributed by atoms with E-state index in [1.165, 1.54) is 21.3 Å². The minimum atomic E-state index is -3.60. The highest BCUT2D eigenvalue weighted by Gasteiger charge is 2.76. The molecule has 0 aromatic heterocycles. The average molecular weight is 403 g/mol. The van der Waals surface area contributed by atoms with E-state index in [9.17, 15) is 9.36 Å². The Hall–Kier alpha value is -0.593. The molecule has 3 atom stereocenters. The van der Waals surface area contributed by atoms with Crippen molar-refractivity contribution in [2.45, 2.75) is 41.0 Å². The van der Waals surface area contributed by atoms with Gasteiger partial charge in [0.1, 0.15) is 0 Å². The highest BCUT2D eigenvalue weighted by Crippen LogP contribution is 2.76. The first-order valence-electron chi connectivity index (χ1n) is 8.18. The SMILES string of the molecule is COC(=O)[C@]1(P(=O)(OC)OC)C[C@@H]1[C@@H](Sc1ccccc1)[Si](C)(C)C. The van der Waals surface area contributed by atoms with Crippen molar-refractivity contribution in [2.24, 2.45) is 5.92 Å². The van der Waals surface area contributed by atoms with Gasteiger partial charge in [-0.15, -0.1) is 11.8 Å². The summed E-state index contributed by atoms with van der Waals surface area (Å²) < 4.78 is 28.6. The molecule has 1 saturated carbocycles. The van der Waals surface area contributed by atoms with Gasteiger partial charge in [-0.3, -0.25) is 9.36 Å². The number of esters is 1. The maximum Gasteiger partial charge on any atom is 0.347 e. The quantitative estimate of drug-likeness (QED) is 0.277. The molecule has 0 radical (unpaired) electrons. The first-order chi connectivity index (χ1) is 11.7. The van der Waals surface area contributed by atoms with Crippen molar-refractivity contribution in [3.8, 4) is 0 Å². The van der Waals surface area contributed by atoms with Crippen LogP contribution in [-0.2, 0) is 23.1 Å². The normalized spacial score (nSPS) is 24.6. The van der Waals surface area contributed by atoms with Gasteiger partial charge in [0.15, 0.2) is 5.16 Å². The van der Waals surface area contributed by atoms with Crippen molar-refractivity contribution in [2.75, 3.05) is 21.3 Å². The van der Waals surface area contributed by atoms with E-state index >= 15 is 0 Å². The standard InChI is InChI=1S/C17H27O5PSSi/c1-20-16(18)17(23(19,21-2)22-3)12-14(17)15(25(4,5)6)24-13-10-8-7-9-11-13/h7-11,14-15H,12H2,1-6H3/t14-,15+,17+/m1/s1. The van der Waals surface area contributed by atoms with Gasteiger partial charge in [0.2, 0.25) is 0 Å². The fourth-order valence-electron chi connectivity index (χ4n) is 3.38. The van der Waals surface area contributed by atoms with E-state index in [-0.39, 0.29) is 10.8 Å². The molecular formula is C17H27O5PSSi. The van der Waals surface area contributed by atoms with E-state index in [1.54, 1.807) is 11.8 Å². The van der Waals surface area contributed by atoms with Crippen molar-refractivity contribution in [1.29, 1.82) is 0 Å². The van der Waals surface area contributed by atoms with Crippen LogP contribution in [0.2, 0.25) is 19.6 Å². The summed E-state index contributed by atoms with van der Waals surface area (Å²) in [4.78, 5) is 13.9. The molecule has 8 heteroatoms. The average Bonchev–Trinajstić information content (AvgIpc) is 3.35. The first kappa shape index (κ1) is 20.7. The number of carbonyl (C=O) groups excluding carboxylic acids is 1. The van der Waals surface area contributed by atoms with E-state index in [4.69, 9.17) is 13.8 Å². The van der Waals surface area contributed by atoms with Crippen molar-refractivity contribution in [3.05, 3.63) is 30.3 Å². The molecule has 1 aromatic carbocycles. The molecule has 0 bridgehead atoms. The largest absolute Gasteiger partial charge is 0.468 e. The molecule has 0 unspecified atom stereocenters. The highest BCUT2D eigenvalue weighted by molar-refractivity contribution is 8.01. The summed E-state index contributed by atoms with van der Waals surface area (Å²) >= 11 is 1.76. The molecule has 1 aliphatic carbocycles. The predicted molar refractivity (Wildman–Crippen MR) is 104 cm³/mol. The Bertz CT molecular complexity index is 655. The number of benzene rings is 1. The van der Waals surface area contributed by atoms with Gasteiger partial charge in [0.05, 0.1) is 15.2 Å². The molecule has 0 aliphatic heterocycles. The van der Waals surface area contributed by atoms with E-state index < -0.39 is 26.8 Å². The topological polar surface area (TPSA) is 61.8 Å². The minimum absolute atomic E-state index is 0.0949. The van der Waals surface area contributed by atoms with Gasteiger partial charge in [-0.1, -0.05) is 37.8 Å². The number of rotatable bonds is 8. The van der Waals surface area contributed by atoms with Crippen molar-refractivity contribution < 1.29 is 23.1 Å². The molecule has 25 heavy (non-hydrogen) atoms. The first-order valence-corrected chi connectivity index (χ1v) is 14.2. The monoisotopic (exact) mass is 402 g/mol. The molecule has 0 spiro atoms. The molecule has 1 aromatic rings. The zero-order valence-electron chi connectivity index (χ0n) is 15.6. The summed E-state index contributed by atoms with van der Waals surface area (Å²) in [6.07, 6.45) is 0.466. The summed E-state index contributed by atoms with van der Waals surface area (Å²) in [5.41, 5.74) is 0. The fourth-order valence-corrected chi connectivity index (χ4v) is 10.2. The van der Waals surface area contributed by atoms with E-state index in [0.717, 1.165) is 4.90 Å². The lowest BCUT2D eigenvalue weighted by Crippen LogP contribution is -2.42. The van der Waals surface area contributed by atoms with Gasteiger partial charge in [0.25, 0.3) is 0 Å². The molecule has 1 aliphatic rings. The highest BCUT2D eigenvalue weighted by atomic mass is 32.2. The number of ether oxygens (including phenoxy) is 1. The number of hydrogen-bond acceptors (Lipinski definition) is 6. The summed E-state index contributed by atoms with van der Waals surface area (Å²) in [5, 5.41) is -1.20. The van der Waals surface area contributed by atoms with Gasteiger partial charge >= 0.3 is 13.6 Å². The van der Waals surface area contributed by atoms with Crippen LogP contribution in [-0.4, -0.2) is 45.4 Å². The van der Waals surface area contributed by atoms with Crippen LogP contribution in [0.15, 0.2) is 35.2 Å². The van der Waals surface area contributed by atoms with Crippen molar-refractivity contribution in [3.63, 3.8) is 0 Å². The molecule has 0 saturated heterocycles. The third kappa shape index (κ3) is 3.76. The summed E-state index contributed by atoms with van der Waals surface area (Å²) in [5.74, 6) is -0.594. The molecule has 1 fully saturated rings. The molecule has 140 valence electrons. The van der Waals surface area contributed by atoms with Crippen LogP contribution in [0.5, 0.6) is 0 Å². The molecular weight excluding hydrogens is 375 g/mol. The second-order valence-corrected chi connectivity index (χ2v) is 16.8.